The van der Waals surface area contributed by atoms with E-state index < -0.39 is 11.9 Å². The first-order chi connectivity index (χ1) is 15.0. The molecule has 4 aromatic rings. The lowest BCUT2D eigenvalue weighted by molar-refractivity contribution is 0.0932. The number of carbonyl (C=O) groups excluding carboxylic acids is 1. The van der Waals surface area contributed by atoms with Crippen molar-refractivity contribution in [1.82, 2.24) is 29.9 Å². The molecular weight excluding hydrogens is 403 g/mol. The molecule has 31 heavy (non-hydrogen) atoms. The number of ether oxygens (including phenoxy) is 1. The van der Waals surface area contributed by atoms with Gasteiger partial charge in [-0.1, -0.05) is 0 Å². The van der Waals surface area contributed by atoms with Gasteiger partial charge in [0.15, 0.2) is 5.65 Å². The lowest BCUT2D eigenvalue weighted by Gasteiger charge is -2.17. The fourth-order valence-electron chi connectivity index (χ4n) is 3.51. The van der Waals surface area contributed by atoms with Gasteiger partial charge in [-0.25, -0.2) is 14.4 Å². The number of pyridine rings is 1. The molecule has 4 aromatic heterocycles. The van der Waals surface area contributed by atoms with Crippen LogP contribution in [0.1, 0.15) is 22.8 Å². The average Bonchev–Trinajstić information content (AvgIpc) is 3.42. The number of nitrogen functional groups attached to an aromatic ring is 1. The van der Waals surface area contributed by atoms with Crippen LogP contribution in [-0.2, 0) is 6.54 Å². The van der Waals surface area contributed by atoms with Crippen LogP contribution in [0.5, 0.6) is 5.88 Å². The normalized spacial score (nSPS) is 16.5. The summed E-state index contributed by atoms with van der Waals surface area (Å²) in [4.78, 5) is 24.5. The van der Waals surface area contributed by atoms with E-state index in [2.05, 4.69) is 30.7 Å². The van der Waals surface area contributed by atoms with Gasteiger partial charge >= 0.3 is 0 Å². The van der Waals surface area contributed by atoms with Gasteiger partial charge < -0.3 is 26.1 Å². The standard InChI is InChI=1S/C20H19FN8O2/c1-10-5-25-19(30)14-9-27-29-16(22)15(11-2-3-23-6-11)17(28-18(14)29)24-7-12-4-13(21)8-26-20(12)31-10/h2-4,6,8-10,23H,5,7,22H2,1H3,(H,24,28)(H,25,30). The third-order valence-corrected chi connectivity index (χ3v) is 5.02. The number of anilines is 2. The summed E-state index contributed by atoms with van der Waals surface area (Å²) in [6.45, 7) is 2.18. The number of carbonyl (C=O) groups is 1. The predicted molar refractivity (Wildman–Crippen MR) is 111 cm³/mol. The van der Waals surface area contributed by atoms with Crippen LogP contribution in [0, 0.1) is 5.82 Å². The van der Waals surface area contributed by atoms with Gasteiger partial charge in [-0.2, -0.15) is 9.61 Å². The van der Waals surface area contributed by atoms with Crippen molar-refractivity contribution in [3.8, 4) is 17.0 Å². The maximum atomic E-state index is 13.9. The van der Waals surface area contributed by atoms with E-state index in [9.17, 15) is 9.18 Å². The van der Waals surface area contributed by atoms with Crippen LogP contribution >= 0.6 is 0 Å². The second-order valence-electron chi connectivity index (χ2n) is 7.22. The first kappa shape index (κ1) is 18.9. The number of hydrogen-bond acceptors (Lipinski definition) is 7. The molecule has 0 aliphatic carbocycles. The molecule has 10 nitrogen and oxygen atoms in total. The zero-order valence-electron chi connectivity index (χ0n) is 16.5. The van der Waals surface area contributed by atoms with Crippen molar-refractivity contribution in [2.45, 2.75) is 19.6 Å². The highest BCUT2D eigenvalue weighted by atomic mass is 19.1. The molecule has 1 aliphatic rings. The van der Waals surface area contributed by atoms with Crippen molar-refractivity contribution in [3.05, 3.63) is 53.9 Å². The summed E-state index contributed by atoms with van der Waals surface area (Å²) in [6, 6.07) is 3.19. The van der Waals surface area contributed by atoms with Crippen LogP contribution in [0.3, 0.4) is 0 Å². The molecule has 0 fully saturated rings. The minimum absolute atomic E-state index is 0.178. The second-order valence-corrected chi connectivity index (χ2v) is 7.22. The number of hydrogen-bond donors (Lipinski definition) is 4. The first-order valence-electron chi connectivity index (χ1n) is 9.65. The van der Waals surface area contributed by atoms with Crippen molar-refractivity contribution < 1.29 is 13.9 Å². The van der Waals surface area contributed by atoms with Gasteiger partial charge in [-0.15, -0.1) is 0 Å². The Morgan fingerprint density at radius 1 is 1.32 bits per heavy atom. The summed E-state index contributed by atoms with van der Waals surface area (Å²) in [5.74, 6) is 0.158. The van der Waals surface area contributed by atoms with Crippen LogP contribution < -0.4 is 21.1 Å². The quantitative estimate of drug-likeness (QED) is 0.368. The molecule has 0 saturated heterocycles. The van der Waals surface area contributed by atoms with Crippen LogP contribution in [0.2, 0.25) is 0 Å². The van der Waals surface area contributed by atoms with E-state index in [1.165, 1.54) is 16.8 Å². The molecule has 1 aliphatic heterocycles. The Bertz CT molecular complexity index is 1280. The number of nitrogens with zero attached hydrogens (tertiary/aromatic N) is 4. The minimum Gasteiger partial charge on any atom is -0.473 e. The summed E-state index contributed by atoms with van der Waals surface area (Å²) < 4.78 is 21.2. The van der Waals surface area contributed by atoms with E-state index in [1.54, 1.807) is 19.3 Å². The highest BCUT2D eigenvalue weighted by Gasteiger charge is 2.23. The molecule has 5 rings (SSSR count). The number of halogens is 1. The molecule has 5 heterocycles. The van der Waals surface area contributed by atoms with Gasteiger partial charge in [0.2, 0.25) is 5.88 Å². The molecule has 0 spiro atoms. The molecule has 5 N–H and O–H groups in total. The highest BCUT2D eigenvalue weighted by Crippen LogP contribution is 2.34. The van der Waals surface area contributed by atoms with Gasteiger partial charge in [0.05, 0.1) is 24.5 Å². The summed E-state index contributed by atoms with van der Waals surface area (Å²) in [6.07, 6.45) is 5.65. The first-order valence-corrected chi connectivity index (χ1v) is 9.65. The van der Waals surface area contributed by atoms with Gasteiger partial charge in [-0.3, -0.25) is 4.79 Å². The average molecular weight is 422 g/mol. The van der Waals surface area contributed by atoms with Gasteiger partial charge in [-0.05, 0) is 19.1 Å². The fraction of sp³-hybridized carbons (Fsp3) is 0.200. The number of H-pyrrole nitrogens is 1. The van der Waals surface area contributed by atoms with Crippen molar-refractivity contribution >= 4 is 23.2 Å². The third-order valence-electron chi connectivity index (χ3n) is 5.02. The van der Waals surface area contributed by atoms with Gasteiger partial charge in [0, 0.05) is 30.1 Å². The van der Waals surface area contributed by atoms with E-state index in [-0.39, 0.29) is 30.4 Å². The predicted octanol–water partition coefficient (Wildman–Crippen LogP) is 1.96. The molecule has 1 atom stereocenters. The van der Waals surface area contributed by atoms with Crippen molar-refractivity contribution in [2.75, 3.05) is 17.6 Å². The van der Waals surface area contributed by atoms with Crippen LogP contribution in [0.25, 0.3) is 16.8 Å². The highest BCUT2D eigenvalue weighted by molar-refractivity contribution is 6.01. The fourth-order valence-corrected chi connectivity index (χ4v) is 3.51. The minimum atomic E-state index is -0.485. The Balaban J connectivity index is 1.70. The van der Waals surface area contributed by atoms with E-state index in [4.69, 9.17) is 10.5 Å². The number of amides is 1. The Morgan fingerprint density at radius 2 is 2.19 bits per heavy atom. The molecule has 1 unspecified atom stereocenters. The summed E-state index contributed by atoms with van der Waals surface area (Å²) >= 11 is 0. The van der Waals surface area contributed by atoms with E-state index in [1.807, 2.05) is 6.07 Å². The number of rotatable bonds is 1. The number of nitrogens with two attached hydrogens (primary N) is 1. The molecule has 1 amide bonds. The van der Waals surface area contributed by atoms with Crippen molar-refractivity contribution in [2.24, 2.45) is 0 Å². The summed E-state index contributed by atoms with van der Waals surface area (Å²) in [7, 11) is 0. The molecule has 0 aromatic carbocycles. The van der Waals surface area contributed by atoms with E-state index in [0.717, 1.165) is 11.8 Å². The Hall–Kier alpha value is -4.15. The molecule has 158 valence electrons. The Morgan fingerprint density at radius 3 is 3.00 bits per heavy atom. The lowest BCUT2D eigenvalue weighted by Crippen LogP contribution is -2.33. The van der Waals surface area contributed by atoms with Gasteiger partial charge in [0.25, 0.3) is 5.91 Å². The van der Waals surface area contributed by atoms with E-state index >= 15 is 0 Å². The number of fused-ring (bicyclic) bond motifs is 2. The smallest absolute Gasteiger partial charge is 0.256 e. The van der Waals surface area contributed by atoms with Crippen LogP contribution in [0.15, 0.2) is 36.9 Å². The molecule has 0 radical (unpaired) electrons. The van der Waals surface area contributed by atoms with Crippen molar-refractivity contribution in [3.63, 3.8) is 0 Å². The number of aromatic nitrogens is 5. The molecule has 0 saturated carbocycles. The molecular formula is C20H19FN8O2. The zero-order valence-corrected chi connectivity index (χ0v) is 16.5. The molecule has 11 heteroatoms. The SMILES string of the molecule is CC1CNC(=O)c2cnn3c(N)c(-c4cc[nH]c4)c(nc23)NCc2cc(F)cnc2O1. The van der Waals surface area contributed by atoms with Gasteiger partial charge in [0.1, 0.15) is 29.1 Å². The van der Waals surface area contributed by atoms with Crippen LogP contribution in [0.4, 0.5) is 16.0 Å². The zero-order chi connectivity index (χ0) is 21.5. The van der Waals surface area contributed by atoms with Crippen molar-refractivity contribution in [1.29, 1.82) is 0 Å². The monoisotopic (exact) mass is 422 g/mol. The maximum absolute atomic E-state index is 13.9. The lowest BCUT2D eigenvalue weighted by atomic mass is 10.1. The maximum Gasteiger partial charge on any atom is 0.256 e. The number of aromatic amines is 1. The second kappa shape index (κ2) is 7.27. The Labute approximate surface area is 175 Å². The number of nitrogens with one attached hydrogen (secondary N) is 3. The third kappa shape index (κ3) is 3.29. The largest absolute Gasteiger partial charge is 0.473 e. The summed E-state index contributed by atoms with van der Waals surface area (Å²) in [5.41, 5.74) is 8.90. The van der Waals surface area contributed by atoms with E-state index in [0.29, 0.717) is 28.4 Å². The topological polar surface area (TPSA) is 135 Å². The Kier molecular flexibility index (Phi) is 4.42. The summed E-state index contributed by atoms with van der Waals surface area (Å²) in [5, 5.41) is 10.3. The molecule has 2 bridgehead atoms. The van der Waals surface area contributed by atoms with Crippen LogP contribution in [-0.4, -0.2) is 43.1 Å².